The molecule has 25 nitrogen and oxygen atoms in total. The van der Waals surface area contributed by atoms with Crippen LogP contribution in [0.4, 0.5) is 0 Å². The molecule has 0 bridgehead atoms. The van der Waals surface area contributed by atoms with E-state index in [0.717, 1.165) is 0 Å². The number of rotatable bonds is 34. The molecular weight excluding hydrogens is 923 g/mol. The van der Waals surface area contributed by atoms with Crippen LogP contribution < -0.4 is 65.5 Å². The lowest BCUT2D eigenvalue weighted by Crippen LogP contribution is -2.62. The van der Waals surface area contributed by atoms with Gasteiger partial charge in [-0.25, -0.2) is 4.79 Å². The monoisotopic (exact) mass is 1000 g/mol. The van der Waals surface area contributed by atoms with E-state index in [1.807, 2.05) is 0 Å². The second kappa shape index (κ2) is 33.3. The van der Waals surface area contributed by atoms with Crippen LogP contribution in [0, 0.1) is 17.8 Å². The Labute approximate surface area is 409 Å². The number of aliphatic imine (C=N–C) groups is 1. The molecule has 0 aliphatic carbocycles. The van der Waals surface area contributed by atoms with Crippen molar-refractivity contribution >= 4 is 70.9 Å². The van der Waals surface area contributed by atoms with Crippen molar-refractivity contribution in [2.45, 2.75) is 161 Å². The van der Waals surface area contributed by atoms with Crippen molar-refractivity contribution in [1.29, 1.82) is 0 Å². The number of carboxylic acids is 1. The highest BCUT2D eigenvalue weighted by molar-refractivity contribution is 7.98. The van der Waals surface area contributed by atoms with Gasteiger partial charge in [-0.1, -0.05) is 41.5 Å². The van der Waals surface area contributed by atoms with Gasteiger partial charge < -0.3 is 80.8 Å². The summed E-state index contributed by atoms with van der Waals surface area (Å²) in [5.41, 5.74) is 22.0. The predicted molar refractivity (Wildman–Crippen MR) is 260 cm³/mol. The average molecular weight is 1000 g/mol. The van der Waals surface area contributed by atoms with E-state index in [2.05, 4.69) is 47.5 Å². The van der Waals surface area contributed by atoms with Crippen molar-refractivity contribution in [3.8, 4) is 0 Å². The summed E-state index contributed by atoms with van der Waals surface area (Å²) in [6.07, 6.45) is 0.606. The molecule has 26 heteroatoms. The zero-order valence-electron chi connectivity index (χ0n) is 41.5. The minimum atomic E-state index is -1.65. The van der Waals surface area contributed by atoms with Gasteiger partial charge in [0.15, 0.2) is 5.96 Å². The van der Waals surface area contributed by atoms with Crippen molar-refractivity contribution in [1.82, 2.24) is 42.5 Å². The third-order valence-corrected chi connectivity index (χ3v) is 11.2. The molecule has 0 aliphatic heterocycles. The highest BCUT2D eigenvalue weighted by Gasteiger charge is 2.37. The zero-order chi connectivity index (χ0) is 53.1. The number of thioether (sulfide) groups is 1. The first-order valence-electron chi connectivity index (χ1n) is 23.2. The van der Waals surface area contributed by atoms with Gasteiger partial charge in [0.05, 0.1) is 24.8 Å². The molecule has 8 amide bonds. The summed E-state index contributed by atoms with van der Waals surface area (Å²) in [6, 6.07) is -10.5. The number of guanidine groups is 1. The number of nitrogens with zero attached hydrogens (tertiary/aromatic N) is 1. The number of carboxylic acid groups (broad SMARTS) is 1. The Kier molecular flexibility index (Phi) is 30.7. The van der Waals surface area contributed by atoms with Gasteiger partial charge in [0.2, 0.25) is 47.3 Å². The standard InChI is InChI=1S/C43H81N13O12S/c1-21(2)19-29(52-36(61)27(15-18-69-9)50-30(59)20-49-38(63)33(24(7)57)55-35(60)26(45)13-12-17-48-43(46)47)37(62)56-34(25(8)58)41(66)54-32(23(5)6)40(65)53-31(22(3)4)39(64)51-28(42(67)68)14-10-11-16-44/h21-29,31-34,57-58H,10-20,44-45H2,1-9H3,(H,49,63)(H,50,59)(H,51,64)(H,52,61)(H,53,65)(H,54,66)(H,55,60)(H,56,62)(H,67,68)(H4,46,47,48)/t24-,25-,26+,27+,28+,29+,31+,32+,33+,34+/m1/s1. The molecule has 0 saturated carbocycles. The Balaban J connectivity index is 6.04. The summed E-state index contributed by atoms with van der Waals surface area (Å²) in [5.74, 6) is -8.94. The van der Waals surface area contributed by atoms with Gasteiger partial charge in [0.25, 0.3) is 0 Å². The van der Waals surface area contributed by atoms with Crippen molar-refractivity contribution in [2.24, 2.45) is 45.7 Å². The van der Waals surface area contributed by atoms with E-state index in [0.29, 0.717) is 31.6 Å². The van der Waals surface area contributed by atoms with Gasteiger partial charge in [0, 0.05) is 6.54 Å². The second-order valence-electron chi connectivity index (χ2n) is 18.0. The lowest BCUT2D eigenvalue weighted by Gasteiger charge is -2.30. The van der Waals surface area contributed by atoms with Gasteiger partial charge >= 0.3 is 5.97 Å². The summed E-state index contributed by atoms with van der Waals surface area (Å²) in [6.45, 7) is 12.4. The van der Waals surface area contributed by atoms with E-state index in [1.165, 1.54) is 25.6 Å². The van der Waals surface area contributed by atoms with Crippen LogP contribution in [0.1, 0.15) is 100 Å². The predicted octanol–water partition coefficient (Wildman–Crippen LogP) is -4.04. The number of hydrogen-bond acceptors (Lipinski definition) is 15. The van der Waals surface area contributed by atoms with Gasteiger partial charge in [-0.15, -0.1) is 0 Å². The Morgan fingerprint density at radius 3 is 1.52 bits per heavy atom. The number of amides is 8. The highest BCUT2D eigenvalue weighted by atomic mass is 32.2. The molecule has 0 unspecified atom stereocenters. The van der Waals surface area contributed by atoms with E-state index < -0.39 is 132 Å². The average Bonchev–Trinajstić information content (AvgIpc) is 3.25. The van der Waals surface area contributed by atoms with Crippen LogP contribution in [-0.2, 0) is 43.2 Å². The first kappa shape index (κ1) is 63.7. The molecule has 0 aromatic heterocycles. The summed E-state index contributed by atoms with van der Waals surface area (Å²) in [5, 5.41) is 50.5. The Morgan fingerprint density at radius 2 is 1.04 bits per heavy atom. The van der Waals surface area contributed by atoms with Gasteiger partial charge in [-0.2, -0.15) is 11.8 Å². The number of carbonyl (C=O) groups is 9. The number of unbranched alkanes of at least 4 members (excludes halogenated alkanes) is 1. The van der Waals surface area contributed by atoms with E-state index in [-0.39, 0.29) is 44.1 Å². The maximum Gasteiger partial charge on any atom is 0.326 e. The minimum absolute atomic E-state index is 0.0444. The molecule has 0 aromatic carbocycles. The van der Waals surface area contributed by atoms with E-state index in [9.17, 15) is 58.5 Å². The second-order valence-corrected chi connectivity index (χ2v) is 18.9. The van der Waals surface area contributed by atoms with Crippen molar-refractivity contribution in [3.63, 3.8) is 0 Å². The SMILES string of the molecule is CSCC[C@H](NC(=O)CNC(=O)[C@@H](NC(=O)[C@@H](N)CCCN=C(N)N)[C@@H](C)O)C(=O)N[C@@H](CC(C)C)C(=O)N[C@H](C(=O)N[C@H](C(=O)N[C@H](C(=O)N[C@@H](CCCCN)C(=O)O)C(C)C)C(C)C)[C@@H](C)O. The fourth-order valence-electron chi connectivity index (χ4n) is 6.55. The Morgan fingerprint density at radius 1 is 0.565 bits per heavy atom. The zero-order valence-corrected chi connectivity index (χ0v) is 42.3. The highest BCUT2D eigenvalue weighted by Crippen LogP contribution is 2.12. The number of carbonyl (C=O) groups excluding carboxylic acids is 8. The smallest absolute Gasteiger partial charge is 0.326 e. The van der Waals surface area contributed by atoms with Crippen LogP contribution in [0.15, 0.2) is 4.99 Å². The largest absolute Gasteiger partial charge is 0.480 e. The fourth-order valence-corrected chi connectivity index (χ4v) is 7.02. The summed E-state index contributed by atoms with van der Waals surface area (Å²) in [7, 11) is 0. The summed E-state index contributed by atoms with van der Waals surface area (Å²) in [4.78, 5) is 123. The van der Waals surface area contributed by atoms with Crippen LogP contribution in [0.3, 0.4) is 0 Å². The first-order chi connectivity index (χ1) is 32.2. The fraction of sp³-hybridized carbons (Fsp3) is 0.767. The molecular formula is C43H81N13O12S. The topological polar surface area (TPSA) is 427 Å². The Bertz CT molecular complexity index is 1720. The van der Waals surface area contributed by atoms with E-state index in [1.54, 1.807) is 47.8 Å². The molecule has 19 N–H and O–H groups in total. The lowest BCUT2D eigenvalue weighted by atomic mass is 9.98. The number of nitrogens with one attached hydrogen (secondary N) is 8. The number of hydrogen-bond donors (Lipinski definition) is 15. The number of aliphatic hydroxyl groups excluding tert-OH is 2. The van der Waals surface area contributed by atoms with Crippen LogP contribution in [-0.4, -0.2) is 167 Å². The molecule has 0 saturated heterocycles. The number of aliphatic hydroxyl groups is 2. The third-order valence-electron chi connectivity index (χ3n) is 10.5. The first-order valence-corrected chi connectivity index (χ1v) is 24.6. The molecule has 0 aromatic rings. The van der Waals surface area contributed by atoms with Crippen LogP contribution in [0.2, 0.25) is 0 Å². The molecule has 396 valence electrons. The molecule has 0 rings (SSSR count). The van der Waals surface area contributed by atoms with Crippen molar-refractivity contribution < 1.29 is 58.5 Å². The summed E-state index contributed by atoms with van der Waals surface area (Å²) < 4.78 is 0. The van der Waals surface area contributed by atoms with E-state index in [4.69, 9.17) is 22.9 Å². The lowest BCUT2D eigenvalue weighted by molar-refractivity contribution is -0.143. The summed E-state index contributed by atoms with van der Waals surface area (Å²) >= 11 is 1.36. The van der Waals surface area contributed by atoms with Crippen molar-refractivity contribution in [2.75, 3.05) is 31.6 Å². The molecule has 0 radical (unpaired) electrons. The van der Waals surface area contributed by atoms with Crippen molar-refractivity contribution in [3.05, 3.63) is 0 Å². The maximum atomic E-state index is 13.9. The molecule has 0 spiro atoms. The molecule has 0 aliphatic rings. The van der Waals surface area contributed by atoms with Gasteiger partial charge in [-0.05, 0) is 95.1 Å². The molecule has 69 heavy (non-hydrogen) atoms. The Hall–Kier alpha value is -5.31. The van der Waals surface area contributed by atoms with Crippen LogP contribution in [0.25, 0.3) is 0 Å². The number of aliphatic carboxylic acids is 1. The third kappa shape index (κ3) is 25.2. The van der Waals surface area contributed by atoms with Gasteiger partial charge in [0.1, 0.15) is 42.3 Å². The molecule has 10 atom stereocenters. The quantitative estimate of drug-likeness (QED) is 0.0166. The van der Waals surface area contributed by atoms with Crippen LogP contribution in [0.5, 0.6) is 0 Å². The maximum absolute atomic E-state index is 13.9. The minimum Gasteiger partial charge on any atom is -0.480 e. The normalized spacial score (nSPS) is 15.7. The number of nitrogens with two attached hydrogens (primary N) is 4. The molecule has 0 fully saturated rings. The van der Waals surface area contributed by atoms with Gasteiger partial charge in [-0.3, -0.25) is 43.3 Å². The van der Waals surface area contributed by atoms with E-state index >= 15 is 0 Å². The molecule has 0 heterocycles. The van der Waals surface area contributed by atoms with Crippen LogP contribution >= 0.6 is 11.8 Å².